The number of benzene rings is 2. The van der Waals surface area contributed by atoms with Crippen LogP contribution in [-0.2, 0) is 4.79 Å². The van der Waals surface area contributed by atoms with Gasteiger partial charge in [-0.25, -0.2) is 9.97 Å². The molecular formula is C22H19N5O3. The molecule has 2 aliphatic heterocycles. The molecule has 0 radical (unpaired) electrons. The Balaban J connectivity index is 1.50. The molecule has 1 aromatic heterocycles. The van der Waals surface area contributed by atoms with Gasteiger partial charge in [-0.3, -0.25) is 24.2 Å². The van der Waals surface area contributed by atoms with Gasteiger partial charge in [0.15, 0.2) is 11.6 Å². The Labute approximate surface area is 172 Å². The highest BCUT2D eigenvalue weighted by Crippen LogP contribution is 2.31. The van der Waals surface area contributed by atoms with E-state index in [0.29, 0.717) is 34.8 Å². The SMILES string of the molecule is CN1CCCN(C(=O)CN2C(=O)c3ccccc3C2=O)c2nc3ccccc3nc21. The Kier molecular flexibility index (Phi) is 4.20. The summed E-state index contributed by atoms with van der Waals surface area (Å²) in [6.45, 7) is 0.827. The van der Waals surface area contributed by atoms with E-state index in [-0.39, 0.29) is 12.5 Å². The zero-order valence-corrected chi connectivity index (χ0v) is 16.4. The first-order valence-electron chi connectivity index (χ1n) is 9.78. The van der Waals surface area contributed by atoms with E-state index in [9.17, 15) is 14.4 Å². The van der Waals surface area contributed by atoms with Crippen molar-refractivity contribution in [2.45, 2.75) is 6.42 Å². The molecule has 150 valence electrons. The summed E-state index contributed by atoms with van der Waals surface area (Å²) in [5, 5.41) is 0. The van der Waals surface area contributed by atoms with Gasteiger partial charge >= 0.3 is 0 Å². The largest absolute Gasteiger partial charge is 0.357 e. The average Bonchev–Trinajstić information content (AvgIpc) is 2.90. The van der Waals surface area contributed by atoms with Crippen molar-refractivity contribution in [2.75, 3.05) is 36.5 Å². The van der Waals surface area contributed by atoms with Gasteiger partial charge in [0.2, 0.25) is 5.91 Å². The fourth-order valence-electron chi connectivity index (χ4n) is 3.94. The van der Waals surface area contributed by atoms with Crippen LogP contribution in [-0.4, -0.2) is 59.3 Å². The lowest BCUT2D eigenvalue weighted by atomic mass is 10.1. The van der Waals surface area contributed by atoms with E-state index >= 15 is 0 Å². The van der Waals surface area contributed by atoms with Crippen molar-refractivity contribution in [1.82, 2.24) is 14.9 Å². The Morgan fingerprint density at radius 3 is 2.07 bits per heavy atom. The second-order valence-corrected chi connectivity index (χ2v) is 7.42. The number of hydrogen-bond donors (Lipinski definition) is 0. The molecule has 3 amide bonds. The Morgan fingerprint density at radius 1 is 0.867 bits per heavy atom. The molecule has 0 saturated heterocycles. The highest BCUT2D eigenvalue weighted by atomic mass is 16.2. The summed E-state index contributed by atoms with van der Waals surface area (Å²) in [6.07, 6.45) is 0.721. The molecule has 3 heterocycles. The molecule has 2 aliphatic rings. The normalized spacial score (nSPS) is 16.0. The molecule has 2 aromatic carbocycles. The van der Waals surface area contributed by atoms with Crippen molar-refractivity contribution in [3.8, 4) is 0 Å². The van der Waals surface area contributed by atoms with Crippen LogP contribution in [0.1, 0.15) is 27.1 Å². The fraction of sp³-hybridized carbons (Fsp3) is 0.227. The number of rotatable bonds is 2. The predicted octanol–water partition coefficient (Wildman–Crippen LogP) is 2.10. The first kappa shape index (κ1) is 18.2. The Morgan fingerprint density at radius 2 is 1.43 bits per heavy atom. The number of anilines is 2. The molecule has 0 unspecified atom stereocenters. The van der Waals surface area contributed by atoms with Gasteiger partial charge < -0.3 is 4.90 Å². The van der Waals surface area contributed by atoms with Crippen LogP contribution >= 0.6 is 0 Å². The second kappa shape index (κ2) is 6.91. The molecule has 0 atom stereocenters. The highest BCUT2D eigenvalue weighted by Gasteiger charge is 2.38. The minimum Gasteiger partial charge on any atom is -0.357 e. The first-order valence-corrected chi connectivity index (χ1v) is 9.78. The van der Waals surface area contributed by atoms with Crippen LogP contribution in [0.4, 0.5) is 11.6 Å². The maximum absolute atomic E-state index is 13.2. The molecule has 0 aliphatic carbocycles. The smallest absolute Gasteiger partial charge is 0.262 e. The van der Waals surface area contributed by atoms with Gasteiger partial charge in [0, 0.05) is 20.1 Å². The van der Waals surface area contributed by atoms with Gasteiger partial charge in [-0.05, 0) is 30.7 Å². The van der Waals surface area contributed by atoms with Crippen molar-refractivity contribution in [2.24, 2.45) is 0 Å². The van der Waals surface area contributed by atoms with Gasteiger partial charge in [0.05, 0.1) is 22.2 Å². The van der Waals surface area contributed by atoms with Crippen LogP contribution in [0.5, 0.6) is 0 Å². The lowest BCUT2D eigenvalue weighted by Gasteiger charge is -2.24. The summed E-state index contributed by atoms with van der Waals surface area (Å²) in [5.41, 5.74) is 2.09. The molecule has 0 saturated carbocycles. The zero-order chi connectivity index (χ0) is 20.8. The van der Waals surface area contributed by atoms with Crippen LogP contribution in [0.25, 0.3) is 11.0 Å². The van der Waals surface area contributed by atoms with E-state index in [2.05, 4.69) is 0 Å². The quantitative estimate of drug-likeness (QED) is 0.611. The first-order chi connectivity index (χ1) is 14.5. The number of para-hydroxylation sites is 2. The fourth-order valence-corrected chi connectivity index (χ4v) is 3.94. The molecule has 3 aromatic rings. The number of carbonyl (C=O) groups is 3. The van der Waals surface area contributed by atoms with E-state index < -0.39 is 11.8 Å². The van der Waals surface area contributed by atoms with Gasteiger partial charge in [0.25, 0.3) is 11.8 Å². The van der Waals surface area contributed by atoms with Gasteiger partial charge in [-0.15, -0.1) is 0 Å². The third kappa shape index (κ3) is 2.80. The van der Waals surface area contributed by atoms with E-state index in [1.165, 1.54) is 0 Å². The number of imide groups is 1. The summed E-state index contributed by atoms with van der Waals surface area (Å²) in [4.78, 5) is 52.5. The average molecular weight is 401 g/mol. The molecule has 5 rings (SSSR count). The van der Waals surface area contributed by atoms with E-state index in [1.807, 2.05) is 36.2 Å². The molecule has 8 heteroatoms. The van der Waals surface area contributed by atoms with Crippen molar-refractivity contribution in [3.05, 3.63) is 59.7 Å². The van der Waals surface area contributed by atoms with Gasteiger partial charge in [-0.2, -0.15) is 0 Å². The summed E-state index contributed by atoms with van der Waals surface area (Å²) < 4.78 is 0. The minimum absolute atomic E-state index is 0.329. The molecule has 0 spiro atoms. The van der Waals surface area contributed by atoms with E-state index in [4.69, 9.17) is 9.97 Å². The Bertz CT molecular complexity index is 1170. The summed E-state index contributed by atoms with van der Waals surface area (Å²) in [5.74, 6) is -0.177. The van der Waals surface area contributed by atoms with Crippen LogP contribution in [0.3, 0.4) is 0 Å². The monoisotopic (exact) mass is 401 g/mol. The number of fused-ring (bicyclic) bond motifs is 3. The number of aromatic nitrogens is 2. The lowest BCUT2D eigenvalue weighted by Crippen LogP contribution is -2.43. The molecule has 0 N–H and O–H groups in total. The summed E-state index contributed by atoms with van der Waals surface area (Å²) in [6, 6.07) is 14.1. The summed E-state index contributed by atoms with van der Waals surface area (Å²) >= 11 is 0. The van der Waals surface area contributed by atoms with Crippen molar-refractivity contribution in [3.63, 3.8) is 0 Å². The van der Waals surface area contributed by atoms with E-state index in [1.54, 1.807) is 29.2 Å². The lowest BCUT2D eigenvalue weighted by molar-refractivity contribution is -0.119. The van der Waals surface area contributed by atoms with Crippen LogP contribution < -0.4 is 9.80 Å². The third-order valence-electron chi connectivity index (χ3n) is 5.50. The van der Waals surface area contributed by atoms with Gasteiger partial charge in [0.1, 0.15) is 6.54 Å². The van der Waals surface area contributed by atoms with Gasteiger partial charge in [-0.1, -0.05) is 24.3 Å². The number of hydrogen-bond acceptors (Lipinski definition) is 6. The molecule has 8 nitrogen and oxygen atoms in total. The predicted molar refractivity (Wildman–Crippen MR) is 112 cm³/mol. The van der Waals surface area contributed by atoms with Crippen molar-refractivity contribution >= 4 is 40.4 Å². The topological polar surface area (TPSA) is 86.7 Å². The van der Waals surface area contributed by atoms with Crippen LogP contribution in [0, 0.1) is 0 Å². The maximum atomic E-state index is 13.2. The summed E-state index contributed by atoms with van der Waals surface area (Å²) in [7, 11) is 1.92. The molecule has 0 bridgehead atoms. The zero-order valence-electron chi connectivity index (χ0n) is 16.4. The second-order valence-electron chi connectivity index (χ2n) is 7.42. The number of nitrogens with zero attached hydrogens (tertiary/aromatic N) is 5. The molecule has 0 fully saturated rings. The maximum Gasteiger partial charge on any atom is 0.262 e. The Hall–Kier alpha value is -3.81. The third-order valence-corrected chi connectivity index (χ3v) is 5.50. The van der Waals surface area contributed by atoms with Crippen LogP contribution in [0.2, 0.25) is 0 Å². The molecular weight excluding hydrogens is 382 g/mol. The van der Waals surface area contributed by atoms with Crippen LogP contribution in [0.15, 0.2) is 48.5 Å². The minimum atomic E-state index is -0.444. The highest BCUT2D eigenvalue weighted by molar-refractivity contribution is 6.22. The number of amides is 3. The van der Waals surface area contributed by atoms with Crippen molar-refractivity contribution < 1.29 is 14.4 Å². The van der Waals surface area contributed by atoms with Crippen molar-refractivity contribution in [1.29, 1.82) is 0 Å². The molecule has 30 heavy (non-hydrogen) atoms. The van der Waals surface area contributed by atoms with E-state index in [0.717, 1.165) is 23.4 Å². The number of carbonyl (C=O) groups excluding carboxylic acids is 3. The standard InChI is InChI=1S/C22H19N5O3/c1-25-11-6-12-26(20-19(25)23-16-9-4-5-10-17(16)24-20)18(28)13-27-21(29)14-7-2-3-8-15(14)22(27)30/h2-5,7-10H,6,11-13H2,1H3.